The van der Waals surface area contributed by atoms with Gasteiger partial charge in [-0.1, -0.05) is 12.1 Å². The van der Waals surface area contributed by atoms with Crippen LogP contribution < -0.4 is 10.6 Å². The fourth-order valence-electron chi connectivity index (χ4n) is 2.65. The first kappa shape index (κ1) is 9.83. The molecule has 1 aromatic rings. The summed E-state index contributed by atoms with van der Waals surface area (Å²) in [4.78, 5) is 0. The van der Waals surface area contributed by atoms with Gasteiger partial charge in [-0.25, -0.2) is 0 Å². The number of fused-ring (bicyclic) bond motifs is 1. The number of hydrogen-bond donors (Lipinski definition) is 2. The summed E-state index contributed by atoms with van der Waals surface area (Å²) < 4.78 is 0. The Bertz CT molecular complexity index is 408. The van der Waals surface area contributed by atoms with E-state index < -0.39 is 0 Å². The molecule has 1 aromatic carbocycles. The maximum Gasteiger partial charge on any atom is 0.0991 e. The number of piperidine rings is 1. The molecule has 0 amide bonds. The lowest BCUT2D eigenvalue weighted by Crippen LogP contribution is -2.27. The van der Waals surface area contributed by atoms with E-state index in [0.717, 1.165) is 30.0 Å². The van der Waals surface area contributed by atoms with Gasteiger partial charge in [0.05, 0.1) is 11.6 Å². The van der Waals surface area contributed by atoms with E-state index in [0.29, 0.717) is 0 Å². The number of nitrogens with one attached hydrogen (secondary N) is 2. The second-order valence-electron chi connectivity index (χ2n) is 4.70. The zero-order valence-corrected chi connectivity index (χ0v) is 9.11. The number of rotatable bonds is 3. The first-order valence-electron chi connectivity index (χ1n) is 5.81. The molecule has 0 bridgehead atoms. The molecule has 16 heavy (non-hydrogen) atoms. The zero-order valence-electron chi connectivity index (χ0n) is 9.11. The summed E-state index contributed by atoms with van der Waals surface area (Å²) in [5.74, 6) is 1.72. The number of hydrogen-bond acceptors (Lipinski definition) is 3. The molecule has 3 heteroatoms. The van der Waals surface area contributed by atoms with Crippen molar-refractivity contribution in [3.63, 3.8) is 0 Å². The van der Waals surface area contributed by atoms with Crippen LogP contribution >= 0.6 is 0 Å². The standard InChI is InChI=1S/C13H15N3/c14-5-9-1-3-10(4-2-9)6-16-13-11-7-15-8-12(11)13/h1-4,11-13,15-16H,6-8H2/t11-,12+,13?. The van der Waals surface area contributed by atoms with Crippen molar-refractivity contribution >= 4 is 0 Å². The Balaban J connectivity index is 1.53. The van der Waals surface area contributed by atoms with Gasteiger partial charge < -0.3 is 10.6 Å². The van der Waals surface area contributed by atoms with Crippen LogP contribution in [0.3, 0.4) is 0 Å². The molecule has 1 aliphatic carbocycles. The van der Waals surface area contributed by atoms with E-state index in [4.69, 9.17) is 5.26 Å². The van der Waals surface area contributed by atoms with Crippen molar-refractivity contribution in [3.05, 3.63) is 35.4 Å². The van der Waals surface area contributed by atoms with Gasteiger partial charge in [-0.15, -0.1) is 0 Å². The van der Waals surface area contributed by atoms with Crippen LogP contribution in [0, 0.1) is 23.2 Å². The van der Waals surface area contributed by atoms with Gasteiger partial charge in [-0.05, 0) is 42.6 Å². The van der Waals surface area contributed by atoms with E-state index in [1.807, 2.05) is 24.3 Å². The van der Waals surface area contributed by atoms with Crippen LogP contribution in [0.25, 0.3) is 0 Å². The molecule has 3 atom stereocenters. The highest BCUT2D eigenvalue weighted by atomic mass is 15.1. The van der Waals surface area contributed by atoms with Crippen LogP contribution in [0.15, 0.2) is 24.3 Å². The molecule has 3 nitrogen and oxygen atoms in total. The first-order chi connectivity index (χ1) is 7.88. The predicted octanol–water partition coefficient (Wildman–Crippen LogP) is 0.866. The van der Waals surface area contributed by atoms with Gasteiger partial charge in [0, 0.05) is 12.6 Å². The summed E-state index contributed by atoms with van der Waals surface area (Å²) in [5.41, 5.74) is 1.99. The lowest BCUT2D eigenvalue weighted by molar-refractivity contribution is 0.566. The second kappa shape index (κ2) is 3.89. The second-order valence-corrected chi connectivity index (χ2v) is 4.70. The minimum absolute atomic E-state index is 0.719. The number of nitrogens with zero attached hydrogens (tertiary/aromatic N) is 1. The number of benzene rings is 1. The molecule has 0 radical (unpaired) electrons. The average molecular weight is 213 g/mol. The highest BCUT2D eigenvalue weighted by Crippen LogP contribution is 2.41. The van der Waals surface area contributed by atoms with Gasteiger partial charge in [-0.3, -0.25) is 0 Å². The molecule has 1 saturated carbocycles. The Hall–Kier alpha value is -1.37. The van der Waals surface area contributed by atoms with Crippen molar-refractivity contribution in [2.45, 2.75) is 12.6 Å². The minimum Gasteiger partial charge on any atom is -0.316 e. The zero-order chi connectivity index (χ0) is 11.0. The van der Waals surface area contributed by atoms with Crippen molar-refractivity contribution in [1.82, 2.24) is 10.6 Å². The first-order valence-corrected chi connectivity index (χ1v) is 5.81. The molecule has 82 valence electrons. The van der Waals surface area contributed by atoms with Gasteiger partial charge in [0.2, 0.25) is 0 Å². The Morgan fingerprint density at radius 1 is 1.25 bits per heavy atom. The highest BCUT2D eigenvalue weighted by Gasteiger charge is 2.52. The van der Waals surface area contributed by atoms with Gasteiger partial charge in [0.25, 0.3) is 0 Å². The van der Waals surface area contributed by atoms with Gasteiger partial charge in [-0.2, -0.15) is 5.26 Å². The molecule has 0 spiro atoms. The van der Waals surface area contributed by atoms with Crippen LogP contribution in [-0.2, 0) is 6.54 Å². The van der Waals surface area contributed by atoms with Gasteiger partial charge >= 0.3 is 0 Å². The molecule has 3 rings (SSSR count). The normalized spacial score (nSPS) is 30.8. The van der Waals surface area contributed by atoms with Crippen LogP contribution in [0.5, 0.6) is 0 Å². The maximum atomic E-state index is 8.69. The van der Waals surface area contributed by atoms with Crippen LogP contribution in [0.4, 0.5) is 0 Å². The topological polar surface area (TPSA) is 47.9 Å². The fourth-order valence-corrected chi connectivity index (χ4v) is 2.65. The quantitative estimate of drug-likeness (QED) is 0.783. The molecule has 1 heterocycles. The third-order valence-electron chi connectivity index (χ3n) is 3.72. The minimum atomic E-state index is 0.719. The van der Waals surface area contributed by atoms with Crippen LogP contribution in [0.1, 0.15) is 11.1 Å². The molecule has 0 aromatic heterocycles. The lowest BCUT2D eigenvalue weighted by Gasteiger charge is -2.07. The SMILES string of the molecule is N#Cc1ccc(CNC2[C@H]3CNC[C@@H]23)cc1. The molecular weight excluding hydrogens is 198 g/mol. The number of nitriles is 1. The molecule has 1 saturated heterocycles. The average Bonchev–Trinajstić information content (AvgIpc) is 2.77. The molecule has 2 N–H and O–H groups in total. The Morgan fingerprint density at radius 2 is 1.94 bits per heavy atom. The van der Waals surface area contributed by atoms with Crippen LogP contribution in [0.2, 0.25) is 0 Å². The summed E-state index contributed by atoms with van der Waals surface area (Å²) in [7, 11) is 0. The summed E-state index contributed by atoms with van der Waals surface area (Å²) in [6, 6.07) is 10.7. The third kappa shape index (κ3) is 1.71. The van der Waals surface area contributed by atoms with E-state index >= 15 is 0 Å². The smallest absolute Gasteiger partial charge is 0.0991 e. The van der Waals surface area contributed by atoms with Gasteiger partial charge in [0.15, 0.2) is 0 Å². The molecule has 1 aliphatic heterocycles. The van der Waals surface area contributed by atoms with Crippen molar-refractivity contribution in [2.24, 2.45) is 11.8 Å². The predicted molar refractivity (Wildman–Crippen MR) is 61.6 cm³/mol. The maximum absolute atomic E-state index is 8.69. The van der Waals surface area contributed by atoms with Crippen molar-refractivity contribution in [1.29, 1.82) is 5.26 Å². The monoisotopic (exact) mass is 213 g/mol. The van der Waals surface area contributed by atoms with Crippen molar-refractivity contribution < 1.29 is 0 Å². The third-order valence-corrected chi connectivity index (χ3v) is 3.72. The summed E-state index contributed by atoms with van der Waals surface area (Å²) >= 11 is 0. The van der Waals surface area contributed by atoms with E-state index in [1.54, 1.807) is 0 Å². The van der Waals surface area contributed by atoms with Crippen molar-refractivity contribution in [3.8, 4) is 6.07 Å². The fraction of sp³-hybridized carbons (Fsp3) is 0.462. The molecule has 1 unspecified atom stereocenters. The van der Waals surface area contributed by atoms with Crippen molar-refractivity contribution in [2.75, 3.05) is 13.1 Å². The highest BCUT2D eigenvalue weighted by molar-refractivity contribution is 5.31. The Kier molecular flexibility index (Phi) is 2.39. The lowest BCUT2D eigenvalue weighted by atomic mass is 10.1. The molecule has 2 aliphatic rings. The van der Waals surface area contributed by atoms with E-state index in [2.05, 4.69) is 16.7 Å². The van der Waals surface area contributed by atoms with Gasteiger partial charge in [0.1, 0.15) is 0 Å². The van der Waals surface area contributed by atoms with E-state index in [1.165, 1.54) is 18.7 Å². The summed E-state index contributed by atoms with van der Waals surface area (Å²) in [6.45, 7) is 3.27. The Morgan fingerprint density at radius 3 is 2.56 bits per heavy atom. The largest absolute Gasteiger partial charge is 0.316 e. The summed E-state index contributed by atoms with van der Waals surface area (Å²) in [5, 5.41) is 15.7. The Labute approximate surface area is 95.5 Å². The van der Waals surface area contributed by atoms with Crippen LogP contribution in [-0.4, -0.2) is 19.1 Å². The van der Waals surface area contributed by atoms with E-state index in [9.17, 15) is 0 Å². The molecular formula is C13H15N3. The van der Waals surface area contributed by atoms with E-state index in [-0.39, 0.29) is 0 Å². The molecule has 2 fully saturated rings. The summed E-state index contributed by atoms with van der Waals surface area (Å²) in [6.07, 6.45) is 0.